The van der Waals surface area contributed by atoms with Gasteiger partial charge in [-0.1, -0.05) is 18.4 Å². The molecule has 2 fully saturated rings. The zero-order valence-corrected chi connectivity index (χ0v) is 11.6. The van der Waals surface area contributed by atoms with Gasteiger partial charge < -0.3 is 4.74 Å². The summed E-state index contributed by atoms with van der Waals surface area (Å²) < 4.78 is 5.19. The minimum absolute atomic E-state index is 0.0861. The number of rotatable bonds is 4. The standard InChI is InChI=1S/C12H17NO5S/c1-2-3-8-6-7-19-11(8)17-12(16)18-13-9(14)4-5-10(13)15/h8,11H,2-7H2,1H3. The Hall–Kier alpha value is -1.24. The molecule has 2 atom stereocenters. The second-order valence-corrected chi connectivity index (χ2v) is 5.82. The molecule has 0 bridgehead atoms. The molecule has 106 valence electrons. The molecular formula is C12H17NO5S. The molecule has 0 aromatic rings. The fraction of sp³-hybridized carbons (Fsp3) is 0.750. The summed E-state index contributed by atoms with van der Waals surface area (Å²) in [4.78, 5) is 38.9. The summed E-state index contributed by atoms with van der Waals surface area (Å²) in [6, 6.07) is 0. The largest absolute Gasteiger partial charge is 0.535 e. The van der Waals surface area contributed by atoms with Gasteiger partial charge in [0.15, 0.2) is 5.44 Å². The average molecular weight is 287 g/mol. The average Bonchev–Trinajstić information content (AvgIpc) is 2.92. The highest BCUT2D eigenvalue weighted by Crippen LogP contribution is 2.36. The van der Waals surface area contributed by atoms with E-state index < -0.39 is 18.0 Å². The first-order valence-electron chi connectivity index (χ1n) is 6.47. The molecule has 0 aliphatic carbocycles. The van der Waals surface area contributed by atoms with E-state index in [1.165, 1.54) is 0 Å². The number of hydroxylamine groups is 2. The predicted molar refractivity (Wildman–Crippen MR) is 67.9 cm³/mol. The summed E-state index contributed by atoms with van der Waals surface area (Å²) in [5.41, 5.74) is -0.236. The van der Waals surface area contributed by atoms with Crippen molar-refractivity contribution in [2.24, 2.45) is 5.92 Å². The Morgan fingerprint density at radius 2 is 2.05 bits per heavy atom. The van der Waals surface area contributed by atoms with E-state index in [-0.39, 0.29) is 18.3 Å². The van der Waals surface area contributed by atoms with Gasteiger partial charge in [0.1, 0.15) is 0 Å². The molecule has 0 saturated carbocycles. The summed E-state index contributed by atoms with van der Waals surface area (Å²) in [7, 11) is 0. The van der Waals surface area contributed by atoms with Crippen LogP contribution in [-0.4, -0.2) is 34.2 Å². The third-order valence-corrected chi connectivity index (χ3v) is 4.48. The highest BCUT2D eigenvalue weighted by atomic mass is 32.2. The second kappa shape index (κ2) is 6.27. The molecule has 2 heterocycles. The van der Waals surface area contributed by atoms with E-state index in [0.29, 0.717) is 11.0 Å². The van der Waals surface area contributed by atoms with Crippen molar-refractivity contribution in [3.63, 3.8) is 0 Å². The van der Waals surface area contributed by atoms with Gasteiger partial charge in [0.25, 0.3) is 11.8 Å². The lowest BCUT2D eigenvalue weighted by Gasteiger charge is -2.19. The van der Waals surface area contributed by atoms with E-state index in [4.69, 9.17) is 4.74 Å². The van der Waals surface area contributed by atoms with Gasteiger partial charge in [0.05, 0.1) is 0 Å². The van der Waals surface area contributed by atoms with Crippen LogP contribution in [0.4, 0.5) is 4.79 Å². The summed E-state index contributed by atoms with van der Waals surface area (Å²) in [5, 5.41) is 0.511. The molecule has 0 spiro atoms. The Morgan fingerprint density at radius 1 is 1.37 bits per heavy atom. The smallest absolute Gasteiger partial charge is 0.418 e. The van der Waals surface area contributed by atoms with Crippen molar-refractivity contribution in [3.05, 3.63) is 0 Å². The quantitative estimate of drug-likeness (QED) is 0.582. The third-order valence-electron chi connectivity index (χ3n) is 3.20. The van der Waals surface area contributed by atoms with E-state index in [9.17, 15) is 14.4 Å². The number of carbonyl (C=O) groups excluding carboxylic acids is 3. The van der Waals surface area contributed by atoms with Crippen LogP contribution in [0.25, 0.3) is 0 Å². The molecule has 19 heavy (non-hydrogen) atoms. The lowest BCUT2D eigenvalue weighted by Crippen LogP contribution is -2.33. The Kier molecular flexibility index (Phi) is 4.68. The van der Waals surface area contributed by atoms with Crippen molar-refractivity contribution >= 4 is 29.7 Å². The summed E-state index contributed by atoms with van der Waals surface area (Å²) in [6.07, 6.45) is 2.24. The fourth-order valence-corrected chi connectivity index (χ4v) is 3.60. The topological polar surface area (TPSA) is 72.9 Å². The SMILES string of the molecule is CCCC1CCSC1OC(=O)ON1C(=O)CCC1=O. The fourth-order valence-electron chi connectivity index (χ4n) is 2.24. The number of nitrogens with zero attached hydrogens (tertiary/aromatic N) is 1. The zero-order chi connectivity index (χ0) is 13.8. The number of amides is 2. The van der Waals surface area contributed by atoms with Crippen LogP contribution in [0.5, 0.6) is 0 Å². The van der Waals surface area contributed by atoms with E-state index in [0.717, 1.165) is 25.0 Å². The van der Waals surface area contributed by atoms with Crippen LogP contribution < -0.4 is 0 Å². The molecular weight excluding hydrogens is 270 g/mol. The predicted octanol–water partition coefficient (Wildman–Crippen LogP) is 2.08. The maximum absolute atomic E-state index is 11.6. The number of hydrogen-bond acceptors (Lipinski definition) is 6. The normalized spacial score (nSPS) is 26.9. The van der Waals surface area contributed by atoms with Crippen LogP contribution in [0.3, 0.4) is 0 Å². The van der Waals surface area contributed by atoms with Gasteiger partial charge in [0, 0.05) is 18.8 Å². The third kappa shape index (κ3) is 3.40. The molecule has 6 nitrogen and oxygen atoms in total. The van der Waals surface area contributed by atoms with Gasteiger partial charge in [-0.25, -0.2) is 4.79 Å². The second-order valence-electron chi connectivity index (χ2n) is 4.62. The molecule has 7 heteroatoms. The number of hydrogen-bond donors (Lipinski definition) is 0. The van der Waals surface area contributed by atoms with E-state index >= 15 is 0 Å². The van der Waals surface area contributed by atoms with Crippen molar-refractivity contribution in [1.29, 1.82) is 0 Å². The highest BCUT2D eigenvalue weighted by Gasteiger charge is 2.36. The van der Waals surface area contributed by atoms with Crippen molar-refractivity contribution in [2.45, 2.75) is 44.5 Å². The molecule has 2 aliphatic heterocycles. The highest BCUT2D eigenvalue weighted by molar-refractivity contribution is 8.00. The molecule has 2 saturated heterocycles. The molecule has 2 rings (SSSR count). The van der Waals surface area contributed by atoms with Crippen molar-refractivity contribution in [2.75, 3.05) is 5.75 Å². The monoisotopic (exact) mass is 287 g/mol. The van der Waals surface area contributed by atoms with Gasteiger partial charge in [-0.15, -0.1) is 11.8 Å². The Labute approximate surface area is 115 Å². The molecule has 2 aliphatic rings. The van der Waals surface area contributed by atoms with Crippen molar-refractivity contribution < 1.29 is 24.0 Å². The lowest BCUT2D eigenvalue weighted by molar-refractivity contribution is -0.177. The minimum Gasteiger partial charge on any atom is -0.418 e. The van der Waals surface area contributed by atoms with E-state index in [2.05, 4.69) is 11.8 Å². The first-order chi connectivity index (χ1) is 9.11. The van der Waals surface area contributed by atoms with Crippen LogP contribution in [0.1, 0.15) is 39.0 Å². The molecule has 0 radical (unpaired) electrons. The van der Waals surface area contributed by atoms with Crippen LogP contribution >= 0.6 is 11.8 Å². The van der Waals surface area contributed by atoms with Gasteiger partial charge in [-0.3, -0.25) is 14.4 Å². The maximum atomic E-state index is 11.6. The van der Waals surface area contributed by atoms with Gasteiger partial charge >= 0.3 is 6.16 Å². The molecule has 0 N–H and O–H groups in total. The Morgan fingerprint density at radius 3 is 2.68 bits per heavy atom. The number of carbonyl (C=O) groups is 3. The molecule has 2 amide bonds. The number of thioether (sulfide) groups is 1. The van der Waals surface area contributed by atoms with Crippen molar-refractivity contribution in [3.8, 4) is 0 Å². The van der Waals surface area contributed by atoms with Gasteiger partial charge in [-0.05, 0) is 18.6 Å². The number of ether oxygens (including phenoxy) is 1. The zero-order valence-electron chi connectivity index (χ0n) is 10.8. The summed E-state index contributed by atoms with van der Waals surface area (Å²) in [5.74, 6) is 0.286. The van der Waals surface area contributed by atoms with Crippen LogP contribution in [0.15, 0.2) is 0 Å². The van der Waals surface area contributed by atoms with Crippen LogP contribution in [0, 0.1) is 5.92 Å². The molecule has 2 unspecified atom stereocenters. The van der Waals surface area contributed by atoms with E-state index in [1.54, 1.807) is 11.8 Å². The Bertz CT molecular complexity index is 370. The Balaban J connectivity index is 1.84. The molecule has 0 aromatic heterocycles. The first-order valence-corrected chi connectivity index (χ1v) is 7.52. The maximum Gasteiger partial charge on any atom is 0.535 e. The minimum atomic E-state index is -0.968. The van der Waals surface area contributed by atoms with Gasteiger partial charge in [-0.2, -0.15) is 0 Å². The van der Waals surface area contributed by atoms with Crippen LogP contribution in [-0.2, 0) is 19.2 Å². The molecule has 0 aromatic carbocycles. The summed E-state index contributed by atoms with van der Waals surface area (Å²) >= 11 is 1.57. The summed E-state index contributed by atoms with van der Waals surface area (Å²) in [6.45, 7) is 2.08. The van der Waals surface area contributed by atoms with Gasteiger partial charge in [0.2, 0.25) is 0 Å². The van der Waals surface area contributed by atoms with E-state index in [1.807, 2.05) is 0 Å². The first kappa shape index (κ1) is 14.2. The number of imide groups is 1. The van der Waals surface area contributed by atoms with Crippen molar-refractivity contribution in [1.82, 2.24) is 5.06 Å². The van der Waals surface area contributed by atoms with Crippen LogP contribution in [0.2, 0.25) is 0 Å². The lowest BCUT2D eigenvalue weighted by atomic mass is 10.0.